The second kappa shape index (κ2) is 20.3. The van der Waals surface area contributed by atoms with Crippen molar-refractivity contribution < 1.29 is 38.0 Å². The molecule has 7 aromatic carbocycles. The Balaban J connectivity index is 1.37. The molecule has 0 N–H and O–H groups in total. The number of hydrogen-bond acceptors (Lipinski definition) is 8. The first-order valence-electron chi connectivity index (χ1n) is 19.5. The summed E-state index contributed by atoms with van der Waals surface area (Å²) >= 11 is 0. The molecule has 0 radical (unpaired) electrons. The van der Waals surface area contributed by atoms with Gasteiger partial charge in [0.15, 0.2) is 34.5 Å². The van der Waals surface area contributed by atoms with Crippen LogP contribution >= 0.6 is 0 Å². The van der Waals surface area contributed by atoms with Crippen LogP contribution in [0.5, 0.6) is 34.5 Å². The Labute approximate surface area is 351 Å². The highest BCUT2D eigenvalue weighted by Gasteiger charge is 2.26. The molecule has 0 saturated carbocycles. The zero-order valence-electron chi connectivity index (χ0n) is 33.8. The van der Waals surface area contributed by atoms with E-state index < -0.39 is 5.97 Å². The van der Waals surface area contributed by atoms with Crippen LogP contribution in [0.3, 0.4) is 0 Å². The molecule has 60 heavy (non-hydrogen) atoms. The maximum absolute atomic E-state index is 14.8. The highest BCUT2D eigenvalue weighted by Crippen LogP contribution is 2.42. The fourth-order valence-corrected chi connectivity index (χ4v) is 6.65. The highest BCUT2D eigenvalue weighted by molar-refractivity contribution is 6.27. The van der Waals surface area contributed by atoms with E-state index in [1.807, 2.05) is 164 Å². The number of ether oxygens (including phenoxy) is 7. The van der Waals surface area contributed by atoms with Gasteiger partial charge < -0.3 is 33.2 Å². The van der Waals surface area contributed by atoms with Crippen molar-refractivity contribution in [3.63, 3.8) is 0 Å². The van der Waals surface area contributed by atoms with Crippen LogP contribution in [0.25, 0.3) is 11.1 Å². The number of esters is 1. The molecule has 8 nitrogen and oxygen atoms in total. The molecule has 0 heterocycles. The predicted molar refractivity (Wildman–Crippen MR) is 233 cm³/mol. The molecule has 0 amide bonds. The van der Waals surface area contributed by atoms with Crippen LogP contribution < -0.4 is 28.4 Å². The summed E-state index contributed by atoms with van der Waals surface area (Å²) in [6.07, 6.45) is 0. The van der Waals surface area contributed by atoms with E-state index in [4.69, 9.17) is 33.2 Å². The van der Waals surface area contributed by atoms with Crippen molar-refractivity contribution in [1.29, 1.82) is 0 Å². The van der Waals surface area contributed by atoms with Gasteiger partial charge in [0.05, 0.1) is 26.9 Å². The van der Waals surface area contributed by atoms with Gasteiger partial charge in [-0.1, -0.05) is 140 Å². The van der Waals surface area contributed by atoms with Gasteiger partial charge in [-0.15, -0.1) is 0 Å². The van der Waals surface area contributed by atoms with Gasteiger partial charge in [0.2, 0.25) is 0 Å². The lowest BCUT2D eigenvalue weighted by atomic mass is 9.88. The molecule has 0 unspecified atom stereocenters. The summed E-state index contributed by atoms with van der Waals surface area (Å²) in [5.41, 5.74) is 6.57. The minimum Gasteiger partial charge on any atom is -0.493 e. The average molecular weight is 799 g/mol. The maximum Gasteiger partial charge on any atom is 0.339 e. The van der Waals surface area contributed by atoms with Gasteiger partial charge >= 0.3 is 5.97 Å². The molecule has 0 atom stereocenters. The van der Waals surface area contributed by atoms with Crippen LogP contribution in [0.4, 0.5) is 0 Å². The highest BCUT2D eigenvalue weighted by atomic mass is 16.5. The molecule has 7 aromatic rings. The fraction of sp³-hybridized carbons (Fsp3) is 0.135. The summed E-state index contributed by atoms with van der Waals surface area (Å²) in [6, 6.07) is 55.9. The van der Waals surface area contributed by atoms with Crippen LogP contribution in [0.15, 0.2) is 176 Å². The average Bonchev–Trinajstić information content (AvgIpc) is 3.31. The minimum absolute atomic E-state index is 0.0526. The van der Waals surface area contributed by atoms with E-state index in [1.54, 1.807) is 33.5 Å². The molecule has 0 aromatic heterocycles. The molecular formula is C52H46O8. The maximum atomic E-state index is 14.8. The molecule has 302 valence electrons. The van der Waals surface area contributed by atoms with E-state index in [9.17, 15) is 4.79 Å². The van der Waals surface area contributed by atoms with E-state index in [0.29, 0.717) is 76.6 Å². The van der Waals surface area contributed by atoms with E-state index in [2.05, 4.69) is 0 Å². The van der Waals surface area contributed by atoms with Gasteiger partial charge in [-0.05, 0) is 75.3 Å². The quantitative estimate of drug-likeness (QED) is 0.0482. The Morgan fingerprint density at radius 1 is 0.367 bits per heavy atom. The van der Waals surface area contributed by atoms with Crippen LogP contribution in [0.2, 0.25) is 0 Å². The number of carbonyl (C=O) groups is 1. The predicted octanol–water partition coefficient (Wildman–Crippen LogP) is 11.2. The molecule has 0 spiro atoms. The number of carbonyl (C=O) groups excluding carboxylic acids is 1. The lowest BCUT2D eigenvalue weighted by Gasteiger charge is -2.20. The molecule has 0 aliphatic rings. The molecule has 0 fully saturated rings. The SMILES string of the molecule is COc1cc(C(C(=O)OCc2ccccc2)=C(c2ccc(OCc3ccccc3)c(OC)c2)c2ccc(OCc3ccccc3)c(OC)c2)ccc1OCc1ccccc1. The van der Waals surface area contributed by atoms with E-state index in [-0.39, 0.29) is 12.2 Å². The second-order valence-electron chi connectivity index (χ2n) is 13.7. The Kier molecular flexibility index (Phi) is 13.8. The van der Waals surface area contributed by atoms with E-state index in [1.165, 1.54) is 0 Å². The van der Waals surface area contributed by atoms with Crippen LogP contribution in [-0.2, 0) is 36.0 Å². The van der Waals surface area contributed by atoms with E-state index >= 15 is 0 Å². The first-order valence-corrected chi connectivity index (χ1v) is 19.5. The normalized spacial score (nSPS) is 10.6. The minimum atomic E-state index is -0.555. The summed E-state index contributed by atoms with van der Waals surface area (Å²) in [7, 11) is 4.76. The number of rotatable bonds is 18. The Bertz CT molecular complexity index is 2400. The van der Waals surface area contributed by atoms with Crippen molar-refractivity contribution in [3.8, 4) is 34.5 Å². The zero-order chi connectivity index (χ0) is 41.5. The van der Waals surface area contributed by atoms with Crippen molar-refractivity contribution in [3.05, 3.63) is 215 Å². The van der Waals surface area contributed by atoms with Gasteiger partial charge in [-0.2, -0.15) is 0 Å². The molecule has 0 aliphatic heterocycles. The smallest absolute Gasteiger partial charge is 0.339 e. The van der Waals surface area contributed by atoms with Gasteiger partial charge in [0.1, 0.15) is 26.4 Å². The largest absolute Gasteiger partial charge is 0.493 e. The third kappa shape index (κ3) is 10.3. The first-order chi connectivity index (χ1) is 29.5. The van der Waals surface area contributed by atoms with Gasteiger partial charge in [0, 0.05) is 5.57 Å². The lowest BCUT2D eigenvalue weighted by Crippen LogP contribution is -2.11. The van der Waals surface area contributed by atoms with Gasteiger partial charge in [0.25, 0.3) is 0 Å². The summed E-state index contributed by atoms with van der Waals surface area (Å²) in [5, 5.41) is 0. The molecule has 0 aliphatic carbocycles. The van der Waals surface area contributed by atoms with E-state index in [0.717, 1.165) is 22.3 Å². The standard InChI is InChI=1S/C52H46O8/c1-54-47-30-41(24-27-44(47)57-33-37-16-8-4-9-17-37)50(42-25-28-45(48(31-42)55-2)58-34-38-18-10-5-11-19-38)51(52(53)60-36-40-22-14-7-15-23-40)43-26-29-46(49(32-43)56-3)59-35-39-20-12-6-13-21-39/h4-32H,33-36H2,1-3H3. The van der Waals surface area contributed by atoms with Crippen LogP contribution in [-0.4, -0.2) is 27.3 Å². The molecule has 0 saturated heterocycles. The zero-order valence-corrected chi connectivity index (χ0v) is 33.8. The van der Waals surface area contributed by atoms with Crippen molar-refractivity contribution in [1.82, 2.24) is 0 Å². The monoisotopic (exact) mass is 798 g/mol. The summed E-state index contributed by atoms with van der Waals surface area (Å²) < 4.78 is 42.6. The Morgan fingerprint density at radius 3 is 1.03 bits per heavy atom. The van der Waals surface area contributed by atoms with Crippen LogP contribution in [0.1, 0.15) is 38.9 Å². The number of hydrogen-bond donors (Lipinski definition) is 0. The summed E-state index contributed by atoms with van der Waals surface area (Å²) in [4.78, 5) is 14.8. The van der Waals surface area contributed by atoms with Gasteiger partial charge in [-0.3, -0.25) is 0 Å². The molecular weight excluding hydrogens is 753 g/mol. The van der Waals surface area contributed by atoms with Gasteiger partial charge in [-0.25, -0.2) is 4.79 Å². The summed E-state index contributed by atoms with van der Waals surface area (Å²) in [6.45, 7) is 1.07. The second-order valence-corrected chi connectivity index (χ2v) is 13.7. The van der Waals surface area contributed by atoms with Crippen LogP contribution in [0, 0.1) is 0 Å². The first kappa shape index (κ1) is 40.7. The molecule has 0 bridgehead atoms. The third-order valence-corrected chi connectivity index (χ3v) is 9.74. The number of benzene rings is 7. The molecule has 7 rings (SSSR count). The third-order valence-electron chi connectivity index (χ3n) is 9.74. The number of methoxy groups -OCH3 is 3. The summed E-state index contributed by atoms with van der Waals surface area (Å²) in [5.74, 6) is 2.46. The Hall–Kier alpha value is -7.45. The lowest BCUT2D eigenvalue weighted by molar-refractivity contribution is -0.137. The topological polar surface area (TPSA) is 81.7 Å². The molecule has 8 heteroatoms. The van der Waals surface area contributed by atoms with Crippen molar-refractivity contribution >= 4 is 17.1 Å². The fourth-order valence-electron chi connectivity index (χ4n) is 6.65. The van der Waals surface area contributed by atoms with Crippen molar-refractivity contribution in [2.45, 2.75) is 26.4 Å². The van der Waals surface area contributed by atoms with Crippen molar-refractivity contribution in [2.24, 2.45) is 0 Å². The van der Waals surface area contributed by atoms with Crippen molar-refractivity contribution in [2.75, 3.05) is 21.3 Å². The Morgan fingerprint density at radius 2 is 0.683 bits per heavy atom.